The number of piperazine rings is 1. The monoisotopic (exact) mass is 858 g/mol. The number of aromatic nitrogens is 3. The van der Waals surface area contributed by atoms with E-state index in [0.717, 1.165) is 24.6 Å². The van der Waals surface area contributed by atoms with E-state index in [2.05, 4.69) is 20.3 Å². The maximum absolute atomic E-state index is 15.5. The Bertz CT molecular complexity index is 2390. The fraction of sp³-hybridized carbons (Fsp3) is 0.561. The molecular weight excluding hydrogens is 812 g/mol. The summed E-state index contributed by atoms with van der Waals surface area (Å²) in [6, 6.07) is 4.05. The Morgan fingerprint density at radius 1 is 1.00 bits per heavy atom. The molecule has 0 aliphatic carbocycles. The third kappa shape index (κ3) is 8.45. The number of carbonyl (C=O) groups is 2. The normalized spacial score (nSPS) is 22.6. The van der Waals surface area contributed by atoms with Gasteiger partial charge < -0.3 is 24.0 Å². The van der Waals surface area contributed by atoms with Gasteiger partial charge in [-0.15, -0.1) is 11.3 Å². The summed E-state index contributed by atoms with van der Waals surface area (Å²) in [4.78, 5) is 44.8. The fourth-order valence-corrected chi connectivity index (χ4v) is 9.41. The van der Waals surface area contributed by atoms with Crippen LogP contribution in [-0.4, -0.2) is 105 Å². The summed E-state index contributed by atoms with van der Waals surface area (Å²) in [5.74, 6) is -0.807. The number of pyridine rings is 1. The SMILES string of the molecule is C[C@@H]1CN(c2nc(OC[C@@]34CCCN3C[C@H](F)C4)nc3cc(-c4ccc(F)c5sc(NC(=O)OC(C)(C)C)c(C#N)c45)c(C(F)(F)F)nc23)[C@@H](C)CN1C(=O)OC(C)(C)C. The first-order chi connectivity index (χ1) is 28.0. The molecule has 3 aliphatic rings. The van der Waals surface area contributed by atoms with Crippen LogP contribution in [0.4, 0.5) is 42.4 Å². The van der Waals surface area contributed by atoms with Crippen molar-refractivity contribution in [3.63, 3.8) is 0 Å². The number of nitrogens with one attached hydrogen (secondary N) is 1. The van der Waals surface area contributed by atoms with Crippen molar-refractivity contribution < 1.29 is 45.8 Å². The topological polar surface area (TPSA) is 146 Å². The van der Waals surface area contributed by atoms with Crippen LogP contribution >= 0.6 is 11.3 Å². The Morgan fingerprint density at radius 2 is 1.72 bits per heavy atom. The van der Waals surface area contributed by atoms with E-state index in [9.17, 15) is 19.2 Å². The Hall–Kier alpha value is -5.09. The average molecular weight is 859 g/mol. The number of halogens is 5. The highest BCUT2D eigenvalue weighted by molar-refractivity contribution is 7.23. The third-order valence-electron chi connectivity index (χ3n) is 10.8. The number of nitriles is 1. The molecule has 0 saturated carbocycles. The standard InChI is InChI=1S/C41H47F5N8O5S/c1-21-18-54(37(56)59-39(6,7)8)22(2)17-53(21)33-30-28(48-35(50-33)57-20-40-12-9-13-52(40)19-23(42)15-40)14-25(32(49-30)41(44,45)46)24-10-11-27(43)31-29(24)26(16-47)34(60-31)51-36(55)58-38(3,4)5/h10-11,14,21-23H,9,12-13,15,17-20H2,1-8H3,(H,51,55)/t21-,22+,23+,40-/m0/s1. The van der Waals surface area contributed by atoms with Gasteiger partial charge in [-0.3, -0.25) is 10.2 Å². The number of anilines is 2. The summed E-state index contributed by atoms with van der Waals surface area (Å²) >= 11 is 0.679. The van der Waals surface area contributed by atoms with Gasteiger partial charge in [-0.25, -0.2) is 23.4 Å². The van der Waals surface area contributed by atoms with E-state index in [4.69, 9.17) is 14.2 Å². The first-order valence-electron chi connectivity index (χ1n) is 19.7. The van der Waals surface area contributed by atoms with Crippen LogP contribution in [0.5, 0.6) is 6.01 Å². The quantitative estimate of drug-likeness (QED) is 0.185. The van der Waals surface area contributed by atoms with Gasteiger partial charge in [0.1, 0.15) is 46.4 Å². The Kier molecular flexibility index (Phi) is 11.1. The lowest BCUT2D eigenvalue weighted by atomic mass is 9.95. The second-order valence-corrected chi connectivity index (χ2v) is 18.8. The molecule has 0 spiro atoms. The highest BCUT2D eigenvalue weighted by Gasteiger charge is 2.49. The zero-order valence-corrected chi connectivity index (χ0v) is 35.4. The molecule has 19 heteroatoms. The van der Waals surface area contributed by atoms with Crippen molar-refractivity contribution in [3.05, 3.63) is 35.3 Å². The van der Waals surface area contributed by atoms with Gasteiger partial charge in [0, 0.05) is 49.1 Å². The van der Waals surface area contributed by atoms with Gasteiger partial charge in [-0.05, 0) is 92.5 Å². The molecule has 13 nitrogen and oxygen atoms in total. The number of rotatable bonds is 6. The van der Waals surface area contributed by atoms with Gasteiger partial charge in [0.05, 0.1) is 21.3 Å². The highest BCUT2D eigenvalue weighted by atomic mass is 32.1. The molecule has 3 saturated heterocycles. The lowest BCUT2D eigenvalue weighted by Gasteiger charge is -2.44. The van der Waals surface area contributed by atoms with Crippen molar-refractivity contribution in [1.29, 1.82) is 5.26 Å². The molecule has 4 atom stereocenters. The predicted molar refractivity (Wildman–Crippen MR) is 215 cm³/mol. The van der Waals surface area contributed by atoms with Crippen molar-refractivity contribution >= 4 is 55.5 Å². The van der Waals surface area contributed by atoms with Crippen LogP contribution in [0.15, 0.2) is 18.2 Å². The van der Waals surface area contributed by atoms with Crippen LogP contribution in [0.3, 0.4) is 0 Å². The molecule has 0 radical (unpaired) electrons. The van der Waals surface area contributed by atoms with Gasteiger partial charge in [-0.1, -0.05) is 6.07 Å². The van der Waals surface area contributed by atoms with E-state index in [0.29, 0.717) is 24.3 Å². The third-order valence-corrected chi connectivity index (χ3v) is 11.9. The van der Waals surface area contributed by atoms with E-state index in [1.807, 2.05) is 11.0 Å². The van der Waals surface area contributed by atoms with E-state index in [-0.39, 0.29) is 81.7 Å². The molecule has 3 aromatic heterocycles. The van der Waals surface area contributed by atoms with Crippen LogP contribution in [0.2, 0.25) is 0 Å². The molecule has 3 aliphatic heterocycles. The Labute approximate surface area is 347 Å². The number of benzene rings is 1. The van der Waals surface area contributed by atoms with Crippen molar-refractivity contribution in [2.45, 2.75) is 116 Å². The van der Waals surface area contributed by atoms with Gasteiger partial charge in [0.15, 0.2) is 11.5 Å². The van der Waals surface area contributed by atoms with Crippen LogP contribution in [0, 0.1) is 17.1 Å². The maximum atomic E-state index is 15.5. The number of carbonyl (C=O) groups excluding carboxylic acids is 2. The molecule has 2 amide bonds. The zero-order valence-electron chi connectivity index (χ0n) is 34.6. The lowest BCUT2D eigenvalue weighted by Crippen LogP contribution is -2.59. The van der Waals surface area contributed by atoms with Crippen molar-refractivity contribution in [1.82, 2.24) is 24.8 Å². The van der Waals surface area contributed by atoms with Gasteiger partial charge in [-0.2, -0.15) is 28.4 Å². The molecule has 0 bridgehead atoms. The number of amides is 2. The van der Waals surface area contributed by atoms with Crippen LogP contribution in [0.1, 0.15) is 85.9 Å². The summed E-state index contributed by atoms with van der Waals surface area (Å²) < 4.78 is 93.2. The minimum absolute atomic E-state index is 0.0205. The fourth-order valence-electron chi connectivity index (χ4n) is 8.34. The highest BCUT2D eigenvalue weighted by Crippen LogP contribution is 2.47. The number of nitrogens with zero attached hydrogens (tertiary/aromatic N) is 7. The van der Waals surface area contributed by atoms with Gasteiger partial charge in [0.25, 0.3) is 0 Å². The average Bonchev–Trinajstić information content (AvgIpc) is 3.78. The van der Waals surface area contributed by atoms with Crippen molar-refractivity contribution in [2.75, 3.05) is 43.0 Å². The lowest BCUT2D eigenvalue weighted by molar-refractivity contribution is -0.140. The van der Waals surface area contributed by atoms with E-state index < -0.39 is 70.4 Å². The zero-order chi connectivity index (χ0) is 43.7. The molecule has 3 fully saturated rings. The van der Waals surface area contributed by atoms with E-state index in [1.54, 1.807) is 65.2 Å². The molecular formula is C41H47F5N8O5S. The summed E-state index contributed by atoms with van der Waals surface area (Å²) in [6.07, 6.45) is -5.82. The van der Waals surface area contributed by atoms with Crippen molar-refractivity contribution in [2.24, 2.45) is 0 Å². The summed E-state index contributed by atoms with van der Waals surface area (Å²) in [6.45, 7) is 15.0. The van der Waals surface area contributed by atoms with E-state index in [1.165, 1.54) is 0 Å². The first kappa shape index (κ1) is 43.0. The van der Waals surface area contributed by atoms with Crippen LogP contribution < -0.4 is 15.0 Å². The van der Waals surface area contributed by atoms with Crippen LogP contribution in [0.25, 0.3) is 32.2 Å². The molecule has 60 heavy (non-hydrogen) atoms. The van der Waals surface area contributed by atoms with E-state index >= 15 is 17.6 Å². The molecule has 0 unspecified atom stereocenters. The second kappa shape index (κ2) is 15.4. The molecule has 322 valence electrons. The number of fused-ring (bicyclic) bond motifs is 3. The predicted octanol–water partition coefficient (Wildman–Crippen LogP) is 9.07. The minimum atomic E-state index is -5.08. The number of thiophene rings is 1. The Balaban J connectivity index is 1.39. The van der Waals surface area contributed by atoms with Gasteiger partial charge in [0.2, 0.25) is 0 Å². The van der Waals surface area contributed by atoms with Crippen molar-refractivity contribution in [3.8, 4) is 23.2 Å². The molecule has 6 heterocycles. The molecule has 1 N–H and O–H groups in total. The molecule has 7 rings (SSSR count). The van der Waals surface area contributed by atoms with Gasteiger partial charge >= 0.3 is 24.4 Å². The molecule has 1 aromatic carbocycles. The first-order valence-corrected chi connectivity index (χ1v) is 20.5. The number of hydrogen-bond donors (Lipinski definition) is 1. The van der Waals surface area contributed by atoms with Crippen LogP contribution in [-0.2, 0) is 15.7 Å². The second-order valence-electron chi connectivity index (χ2n) is 17.8. The summed E-state index contributed by atoms with van der Waals surface area (Å²) in [7, 11) is 0. The number of hydrogen-bond acceptors (Lipinski definition) is 12. The maximum Gasteiger partial charge on any atom is 0.433 e. The Morgan fingerprint density at radius 3 is 2.38 bits per heavy atom. The number of alkyl halides is 4. The molecule has 4 aromatic rings. The number of ether oxygens (including phenoxy) is 3. The minimum Gasteiger partial charge on any atom is -0.461 e. The largest absolute Gasteiger partial charge is 0.461 e. The summed E-state index contributed by atoms with van der Waals surface area (Å²) in [5.41, 5.74) is -4.88. The smallest absolute Gasteiger partial charge is 0.433 e. The summed E-state index contributed by atoms with van der Waals surface area (Å²) in [5, 5.41) is 12.5.